The number of urea groups is 2. The summed E-state index contributed by atoms with van der Waals surface area (Å²) in [7, 11) is 0. The first kappa shape index (κ1) is 22.9. The van der Waals surface area contributed by atoms with Crippen molar-refractivity contribution in [3.63, 3.8) is 0 Å². The van der Waals surface area contributed by atoms with E-state index in [1.165, 1.54) is 0 Å². The number of rotatable bonds is 6. The maximum atomic E-state index is 12.1. The van der Waals surface area contributed by atoms with Crippen LogP contribution in [0.2, 0.25) is 10.0 Å². The number of carbonyl (C=O) groups is 2. The number of nitrogens with two attached hydrogens (primary N) is 1. The fourth-order valence-electron chi connectivity index (χ4n) is 3.81. The Morgan fingerprint density at radius 1 is 1.10 bits per heavy atom. The number of morpholine rings is 1. The molecule has 4 N–H and O–H groups in total. The topological polar surface area (TPSA) is 99.9 Å². The van der Waals surface area contributed by atoms with Crippen LogP contribution in [0.25, 0.3) is 0 Å². The summed E-state index contributed by atoms with van der Waals surface area (Å²) in [5, 5.41) is 6.92. The van der Waals surface area contributed by atoms with Crippen LogP contribution in [0, 0.1) is 5.92 Å². The lowest BCUT2D eigenvalue weighted by Crippen LogP contribution is -2.49. The van der Waals surface area contributed by atoms with Gasteiger partial charge >= 0.3 is 12.1 Å². The van der Waals surface area contributed by atoms with E-state index in [1.807, 2.05) is 12.1 Å². The van der Waals surface area contributed by atoms with Crippen molar-refractivity contribution in [2.24, 2.45) is 11.7 Å². The molecule has 0 aromatic heterocycles. The molecule has 1 aromatic carbocycles. The number of halogens is 2. The molecule has 166 valence electrons. The lowest BCUT2D eigenvalue weighted by molar-refractivity contribution is -0.0287. The van der Waals surface area contributed by atoms with Gasteiger partial charge in [-0.2, -0.15) is 0 Å². The highest BCUT2D eigenvalue weighted by atomic mass is 35.5. The zero-order valence-corrected chi connectivity index (χ0v) is 18.4. The third-order valence-electron chi connectivity index (χ3n) is 5.58. The van der Waals surface area contributed by atoms with Crippen LogP contribution in [0.15, 0.2) is 18.2 Å². The molecular weight excluding hydrogens is 429 g/mol. The molecule has 2 fully saturated rings. The van der Waals surface area contributed by atoms with E-state index in [2.05, 4.69) is 15.5 Å². The zero-order chi connectivity index (χ0) is 21.5. The quantitative estimate of drug-likeness (QED) is 0.609. The number of ether oxygens (including phenoxy) is 1. The minimum Gasteiger partial charge on any atom is -0.374 e. The van der Waals surface area contributed by atoms with Gasteiger partial charge in [0.15, 0.2) is 0 Å². The van der Waals surface area contributed by atoms with Crippen LogP contribution in [0.5, 0.6) is 0 Å². The van der Waals surface area contributed by atoms with E-state index in [9.17, 15) is 9.59 Å². The van der Waals surface area contributed by atoms with Crippen LogP contribution in [0.4, 0.5) is 9.59 Å². The number of hydrogen-bond acceptors (Lipinski definition) is 4. The van der Waals surface area contributed by atoms with Crippen molar-refractivity contribution >= 4 is 35.3 Å². The van der Waals surface area contributed by atoms with Crippen molar-refractivity contribution in [3.8, 4) is 0 Å². The van der Waals surface area contributed by atoms with Gasteiger partial charge in [-0.05, 0) is 36.5 Å². The monoisotopic (exact) mass is 457 g/mol. The molecule has 3 rings (SSSR count). The molecule has 1 atom stereocenters. The van der Waals surface area contributed by atoms with E-state index in [-0.39, 0.29) is 18.2 Å². The van der Waals surface area contributed by atoms with E-state index in [1.54, 1.807) is 11.0 Å². The van der Waals surface area contributed by atoms with Gasteiger partial charge < -0.3 is 26.0 Å². The smallest absolute Gasteiger partial charge is 0.314 e. The maximum absolute atomic E-state index is 12.1. The minimum absolute atomic E-state index is 0.0638. The SMILES string of the molecule is NC(=O)N1CCC(CNC(=O)NC[C@H]2CN(Cc3ccc(Cl)c(Cl)c3)CCO2)CC1. The molecule has 0 radical (unpaired) electrons. The second-order valence-electron chi connectivity index (χ2n) is 7.84. The summed E-state index contributed by atoms with van der Waals surface area (Å²) in [4.78, 5) is 27.2. The summed E-state index contributed by atoms with van der Waals surface area (Å²) in [6, 6.07) is 5.09. The van der Waals surface area contributed by atoms with Gasteiger partial charge in [-0.15, -0.1) is 0 Å². The molecule has 2 heterocycles. The number of hydrogen-bond donors (Lipinski definition) is 3. The van der Waals surface area contributed by atoms with Gasteiger partial charge in [-0.3, -0.25) is 4.90 Å². The van der Waals surface area contributed by atoms with Gasteiger partial charge in [0, 0.05) is 45.8 Å². The predicted octanol–water partition coefficient (Wildman–Crippen LogP) is 2.28. The highest BCUT2D eigenvalue weighted by Gasteiger charge is 2.23. The number of carbonyl (C=O) groups excluding carboxylic acids is 2. The van der Waals surface area contributed by atoms with Crippen LogP contribution < -0.4 is 16.4 Å². The normalized spacial score (nSPS) is 20.7. The summed E-state index contributed by atoms with van der Waals surface area (Å²) in [6.07, 6.45) is 1.63. The molecule has 1 aromatic rings. The molecule has 0 saturated carbocycles. The first-order valence-corrected chi connectivity index (χ1v) is 11.0. The van der Waals surface area contributed by atoms with Crippen molar-refractivity contribution in [1.82, 2.24) is 20.4 Å². The number of benzene rings is 1. The average molecular weight is 458 g/mol. The Labute approximate surface area is 187 Å². The van der Waals surface area contributed by atoms with E-state index >= 15 is 0 Å². The molecule has 2 aliphatic rings. The highest BCUT2D eigenvalue weighted by Crippen LogP contribution is 2.23. The molecule has 30 heavy (non-hydrogen) atoms. The molecule has 10 heteroatoms. The number of nitrogens with one attached hydrogen (secondary N) is 2. The molecule has 0 bridgehead atoms. The molecule has 0 spiro atoms. The van der Waals surface area contributed by atoms with Crippen molar-refractivity contribution < 1.29 is 14.3 Å². The van der Waals surface area contributed by atoms with E-state index in [0.29, 0.717) is 48.7 Å². The van der Waals surface area contributed by atoms with Crippen LogP contribution in [-0.2, 0) is 11.3 Å². The Hall–Kier alpha value is -1.74. The van der Waals surface area contributed by atoms with Gasteiger partial charge in [-0.1, -0.05) is 29.3 Å². The second-order valence-corrected chi connectivity index (χ2v) is 8.65. The maximum Gasteiger partial charge on any atom is 0.314 e. The molecule has 0 aliphatic carbocycles. The zero-order valence-electron chi connectivity index (χ0n) is 16.9. The molecule has 0 unspecified atom stereocenters. The number of likely N-dealkylation sites (tertiary alicyclic amines) is 1. The van der Waals surface area contributed by atoms with Gasteiger partial charge in [-0.25, -0.2) is 9.59 Å². The lowest BCUT2D eigenvalue weighted by atomic mass is 9.97. The van der Waals surface area contributed by atoms with Crippen LogP contribution in [0.1, 0.15) is 18.4 Å². The standard InChI is InChI=1S/C20H29Cl2N5O3/c21-17-2-1-15(9-18(17)22)12-26-7-8-30-16(13-26)11-25-20(29)24-10-14-3-5-27(6-4-14)19(23)28/h1-2,9,14,16H,3-8,10-13H2,(H2,23,28)(H2,24,25,29)/t16-/m0/s1. The molecule has 4 amide bonds. The lowest BCUT2D eigenvalue weighted by Gasteiger charge is -2.33. The van der Waals surface area contributed by atoms with Crippen LogP contribution in [-0.4, -0.2) is 73.8 Å². The number of nitrogens with zero attached hydrogens (tertiary/aromatic N) is 2. The summed E-state index contributed by atoms with van der Waals surface area (Å²) < 4.78 is 5.79. The summed E-state index contributed by atoms with van der Waals surface area (Å²) in [5.41, 5.74) is 6.39. The fourth-order valence-corrected chi connectivity index (χ4v) is 4.13. The minimum atomic E-state index is -0.375. The number of primary amides is 1. The Morgan fingerprint density at radius 2 is 1.83 bits per heavy atom. The molecule has 2 saturated heterocycles. The van der Waals surface area contributed by atoms with Crippen LogP contribution >= 0.6 is 23.2 Å². The Kier molecular flexibility index (Phi) is 8.44. The van der Waals surface area contributed by atoms with E-state index in [0.717, 1.165) is 38.0 Å². The largest absolute Gasteiger partial charge is 0.374 e. The number of piperidine rings is 1. The van der Waals surface area contributed by atoms with Crippen molar-refractivity contribution in [2.75, 3.05) is 45.9 Å². The third-order valence-corrected chi connectivity index (χ3v) is 6.32. The first-order chi connectivity index (χ1) is 14.4. The third kappa shape index (κ3) is 6.91. The van der Waals surface area contributed by atoms with E-state index < -0.39 is 0 Å². The summed E-state index contributed by atoms with van der Waals surface area (Å²) in [6.45, 7) is 5.26. The van der Waals surface area contributed by atoms with E-state index in [4.69, 9.17) is 33.7 Å². The Morgan fingerprint density at radius 3 is 2.53 bits per heavy atom. The fraction of sp³-hybridized carbons (Fsp3) is 0.600. The van der Waals surface area contributed by atoms with Crippen LogP contribution in [0.3, 0.4) is 0 Å². The van der Waals surface area contributed by atoms with Gasteiger partial charge in [0.1, 0.15) is 0 Å². The predicted molar refractivity (Wildman–Crippen MR) is 117 cm³/mol. The van der Waals surface area contributed by atoms with Gasteiger partial charge in [0.25, 0.3) is 0 Å². The van der Waals surface area contributed by atoms with Crippen molar-refractivity contribution in [1.29, 1.82) is 0 Å². The summed E-state index contributed by atoms with van der Waals surface area (Å²) >= 11 is 12.1. The molecular formula is C20H29Cl2N5O3. The first-order valence-electron chi connectivity index (χ1n) is 10.2. The Bertz CT molecular complexity index is 743. The van der Waals surface area contributed by atoms with Crippen molar-refractivity contribution in [2.45, 2.75) is 25.5 Å². The van der Waals surface area contributed by atoms with Crippen molar-refractivity contribution in [3.05, 3.63) is 33.8 Å². The summed E-state index contributed by atoms with van der Waals surface area (Å²) in [5.74, 6) is 0.360. The van der Waals surface area contributed by atoms with Gasteiger partial charge in [0.05, 0.1) is 22.8 Å². The highest BCUT2D eigenvalue weighted by molar-refractivity contribution is 6.42. The molecule has 2 aliphatic heterocycles. The Balaban J connectivity index is 1.34. The average Bonchev–Trinajstić information content (AvgIpc) is 2.74. The second kappa shape index (κ2) is 11.0. The van der Waals surface area contributed by atoms with Gasteiger partial charge in [0.2, 0.25) is 0 Å². The number of amides is 4. The molecule has 8 nitrogen and oxygen atoms in total.